The fraction of sp³-hybridized carbons (Fsp3) is 0.542. The summed E-state index contributed by atoms with van der Waals surface area (Å²) < 4.78 is 52.5. The Hall–Kier alpha value is -3.08. The van der Waals surface area contributed by atoms with Crippen LogP contribution in [0.2, 0.25) is 0 Å². The van der Waals surface area contributed by atoms with Crippen molar-refractivity contribution < 1.29 is 27.4 Å². The molecule has 1 amide bonds. The topological polar surface area (TPSA) is 93.8 Å². The highest BCUT2D eigenvalue weighted by molar-refractivity contribution is 5.95. The highest BCUT2D eigenvalue weighted by Crippen LogP contribution is 2.42. The van der Waals surface area contributed by atoms with Crippen molar-refractivity contribution in [3.8, 4) is 5.88 Å². The lowest BCUT2D eigenvalue weighted by Gasteiger charge is -2.51. The molecule has 2 N–H and O–H groups in total. The van der Waals surface area contributed by atoms with Crippen molar-refractivity contribution in [2.24, 2.45) is 0 Å². The van der Waals surface area contributed by atoms with Crippen LogP contribution in [0.15, 0.2) is 24.3 Å². The SMILES string of the molecule is Nc1nc(O[C@H]2CCOC[C@@H]2F)cc(N2CCC3(CCCC(=O)N3c3ccc(F)c(F)c3)CC2)n1. The minimum Gasteiger partial charge on any atom is -0.471 e. The Bertz CT molecular complexity index is 1100. The fourth-order valence-corrected chi connectivity index (χ4v) is 5.35. The maximum Gasteiger partial charge on any atom is 0.227 e. The number of carbonyl (C=O) groups excluding carboxylic acids is 1. The van der Waals surface area contributed by atoms with Crippen LogP contribution in [-0.4, -0.2) is 60.0 Å². The molecule has 3 aliphatic heterocycles. The lowest BCUT2D eigenvalue weighted by Crippen LogP contribution is -2.60. The molecule has 0 aliphatic carbocycles. The molecular weight excluding hydrogens is 463 g/mol. The van der Waals surface area contributed by atoms with E-state index in [0.717, 1.165) is 25.0 Å². The third-order valence-corrected chi connectivity index (χ3v) is 7.14. The minimum absolute atomic E-state index is 0.0144. The largest absolute Gasteiger partial charge is 0.471 e. The number of nitrogens with zero attached hydrogens (tertiary/aromatic N) is 4. The van der Waals surface area contributed by atoms with Gasteiger partial charge in [0.25, 0.3) is 0 Å². The highest BCUT2D eigenvalue weighted by atomic mass is 19.2. The van der Waals surface area contributed by atoms with Crippen LogP contribution in [0.3, 0.4) is 0 Å². The number of amides is 1. The van der Waals surface area contributed by atoms with E-state index in [2.05, 4.69) is 9.97 Å². The van der Waals surface area contributed by atoms with E-state index >= 15 is 0 Å². The summed E-state index contributed by atoms with van der Waals surface area (Å²) in [5, 5.41) is 0. The Morgan fingerprint density at radius 2 is 1.91 bits per heavy atom. The fourth-order valence-electron chi connectivity index (χ4n) is 5.35. The zero-order valence-electron chi connectivity index (χ0n) is 19.3. The molecule has 2 aromatic rings. The number of hydrogen-bond acceptors (Lipinski definition) is 7. The van der Waals surface area contributed by atoms with Gasteiger partial charge in [0.15, 0.2) is 17.8 Å². The second kappa shape index (κ2) is 9.52. The first-order valence-corrected chi connectivity index (χ1v) is 11.9. The molecule has 1 aromatic carbocycles. The van der Waals surface area contributed by atoms with Crippen LogP contribution in [0.5, 0.6) is 5.88 Å². The zero-order valence-corrected chi connectivity index (χ0v) is 19.3. The molecule has 2 atom stereocenters. The summed E-state index contributed by atoms with van der Waals surface area (Å²) in [5.74, 6) is -1.21. The van der Waals surface area contributed by atoms with Crippen LogP contribution in [-0.2, 0) is 9.53 Å². The predicted molar refractivity (Wildman–Crippen MR) is 123 cm³/mol. The molecule has 3 aliphatic rings. The van der Waals surface area contributed by atoms with Crippen LogP contribution in [0.25, 0.3) is 0 Å². The normalized spacial score (nSPS) is 24.6. The van der Waals surface area contributed by atoms with Crippen molar-refractivity contribution in [2.45, 2.75) is 56.3 Å². The third-order valence-electron chi connectivity index (χ3n) is 7.14. The number of rotatable bonds is 4. The van der Waals surface area contributed by atoms with Gasteiger partial charge in [-0.3, -0.25) is 4.79 Å². The van der Waals surface area contributed by atoms with Gasteiger partial charge in [0.1, 0.15) is 11.9 Å². The van der Waals surface area contributed by atoms with E-state index in [-0.39, 0.29) is 24.3 Å². The predicted octanol–water partition coefficient (Wildman–Crippen LogP) is 3.40. The standard InChI is InChI=1S/C24H28F3N5O3/c25-16-4-3-15(12-17(16)26)32-22(33)2-1-6-24(32)7-9-31(10-8-24)20-13-21(30-23(28)29-20)35-19-5-11-34-14-18(19)27/h3-4,12-13,18-19H,1-2,5-11,14H2,(H2,28,29,30)/t18-,19-/m0/s1. The van der Waals surface area contributed by atoms with Gasteiger partial charge in [0.05, 0.1) is 18.8 Å². The highest BCUT2D eigenvalue weighted by Gasteiger charge is 2.45. The minimum atomic E-state index is -1.25. The number of carbonyl (C=O) groups is 1. The van der Waals surface area contributed by atoms with E-state index in [9.17, 15) is 18.0 Å². The number of alkyl halides is 1. The van der Waals surface area contributed by atoms with E-state index in [1.54, 1.807) is 11.0 Å². The molecule has 4 heterocycles. The second-order valence-corrected chi connectivity index (χ2v) is 9.35. The van der Waals surface area contributed by atoms with Crippen molar-refractivity contribution in [1.29, 1.82) is 0 Å². The van der Waals surface area contributed by atoms with Gasteiger partial charge in [-0.1, -0.05) is 0 Å². The van der Waals surface area contributed by atoms with Crippen molar-refractivity contribution >= 4 is 23.4 Å². The zero-order chi connectivity index (χ0) is 24.6. The summed E-state index contributed by atoms with van der Waals surface area (Å²) in [4.78, 5) is 25.1. The Labute approximate surface area is 201 Å². The van der Waals surface area contributed by atoms with Crippen LogP contribution in [0, 0.1) is 11.6 Å². The summed E-state index contributed by atoms with van der Waals surface area (Å²) >= 11 is 0. The van der Waals surface area contributed by atoms with E-state index < -0.39 is 29.4 Å². The monoisotopic (exact) mass is 491 g/mol. The molecule has 0 radical (unpaired) electrons. The molecule has 188 valence electrons. The Morgan fingerprint density at radius 3 is 2.66 bits per heavy atom. The van der Waals surface area contributed by atoms with Crippen molar-refractivity contribution in [2.75, 3.05) is 41.8 Å². The van der Waals surface area contributed by atoms with Crippen LogP contribution >= 0.6 is 0 Å². The van der Waals surface area contributed by atoms with E-state index in [4.69, 9.17) is 15.2 Å². The number of nitrogens with two attached hydrogens (primary N) is 1. The van der Waals surface area contributed by atoms with Gasteiger partial charge in [0, 0.05) is 43.8 Å². The second-order valence-electron chi connectivity index (χ2n) is 9.35. The molecule has 3 saturated heterocycles. The lowest BCUT2D eigenvalue weighted by atomic mass is 9.78. The molecule has 0 bridgehead atoms. The number of aromatic nitrogens is 2. The first-order chi connectivity index (χ1) is 16.8. The summed E-state index contributed by atoms with van der Waals surface area (Å²) in [7, 11) is 0. The Morgan fingerprint density at radius 1 is 1.11 bits per heavy atom. The number of piperidine rings is 2. The smallest absolute Gasteiger partial charge is 0.227 e. The van der Waals surface area contributed by atoms with Crippen molar-refractivity contribution in [3.63, 3.8) is 0 Å². The number of ether oxygens (including phenoxy) is 2. The van der Waals surface area contributed by atoms with Gasteiger partial charge in [-0.15, -0.1) is 0 Å². The van der Waals surface area contributed by atoms with E-state index in [1.807, 2.05) is 4.90 Å². The van der Waals surface area contributed by atoms with Crippen LogP contribution in [0.1, 0.15) is 38.5 Å². The third kappa shape index (κ3) is 4.73. The molecule has 0 saturated carbocycles. The average molecular weight is 492 g/mol. The van der Waals surface area contributed by atoms with Crippen LogP contribution < -0.4 is 20.3 Å². The number of halogens is 3. The van der Waals surface area contributed by atoms with Gasteiger partial charge >= 0.3 is 0 Å². The molecule has 8 nitrogen and oxygen atoms in total. The number of benzene rings is 1. The maximum atomic E-state index is 14.1. The molecule has 0 unspecified atom stereocenters. The number of hydrogen-bond donors (Lipinski definition) is 1. The number of nitrogen functional groups attached to an aromatic ring is 1. The molecule has 5 rings (SSSR count). The summed E-state index contributed by atoms with van der Waals surface area (Å²) in [6.45, 7) is 1.53. The molecule has 1 spiro atoms. The molecule has 3 fully saturated rings. The summed E-state index contributed by atoms with van der Waals surface area (Å²) in [5.41, 5.74) is 5.81. The molecular formula is C24H28F3N5O3. The van der Waals surface area contributed by atoms with E-state index in [1.165, 1.54) is 6.07 Å². The van der Waals surface area contributed by atoms with Crippen molar-refractivity contribution in [1.82, 2.24) is 9.97 Å². The van der Waals surface area contributed by atoms with Gasteiger partial charge < -0.3 is 25.0 Å². The van der Waals surface area contributed by atoms with Gasteiger partial charge in [-0.2, -0.15) is 9.97 Å². The quantitative estimate of drug-likeness (QED) is 0.701. The molecule has 1 aromatic heterocycles. The Kier molecular flexibility index (Phi) is 6.43. The summed E-state index contributed by atoms with van der Waals surface area (Å²) in [6, 6.07) is 5.26. The molecule has 35 heavy (non-hydrogen) atoms. The van der Waals surface area contributed by atoms with E-state index in [0.29, 0.717) is 56.9 Å². The Balaban J connectivity index is 1.34. The van der Waals surface area contributed by atoms with Gasteiger partial charge in [-0.05, 0) is 37.8 Å². The van der Waals surface area contributed by atoms with Gasteiger partial charge in [-0.25, -0.2) is 13.2 Å². The first kappa shape index (κ1) is 23.7. The average Bonchev–Trinajstić information content (AvgIpc) is 2.83. The van der Waals surface area contributed by atoms with Crippen molar-refractivity contribution in [3.05, 3.63) is 35.9 Å². The van der Waals surface area contributed by atoms with Gasteiger partial charge in [0.2, 0.25) is 17.7 Å². The summed E-state index contributed by atoms with van der Waals surface area (Å²) in [6.07, 6.45) is 1.63. The van der Waals surface area contributed by atoms with Crippen LogP contribution in [0.4, 0.5) is 30.6 Å². The first-order valence-electron chi connectivity index (χ1n) is 11.9. The maximum absolute atomic E-state index is 14.1. The lowest BCUT2D eigenvalue weighted by molar-refractivity contribution is -0.121. The number of anilines is 3. The molecule has 11 heteroatoms.